The van der Waals surface area contributed by atoms with Gasteiger partial charge in [-0.1, -0.05) is 12.1 Å². The Morgan fingerprint density at radius 3 is 2.60 bits per heavy atom. The summed E-state index contributed by atoms with van der Waals surface area (Å²) in [5.74, 6) is 0. The lowest BCUT2D eigenvalue weighted by molar-refractivity contribution is -0.141. The number of nitrogens with one attached hydrogen (secondary N) is 3. The second-order valence-electron chi connectivity index (χ2n) is 5.90. The number of anilines is 1. The Morgan fingerprint density at radius 1 is 1.32 bits per heavy atom. The number of aryl methyl sites for hydroxylation is 1. The molecule has 0 radical (unpaired) electrons. The van der Waals surface area contributed by atoms with Crippen LogP contribution in [-0.4, -0.2) is 34.9 Å². The van der Waals surface area contributed by atoms with E-state index < -0.39 is 11.9 Å². The topological polar surface area (TPSA) is 71.0 Å². The number of carbonyl (C=O) groups is 1. The van der Waals surface area contributed by atoms with E-state index in [-0.39, 0.29) is 12.1 Å². The molecule has 25 heavy (non-hydrogen) atoms. The van der Waals surface area contributed by atoms with Gasteiger partial charge in [-0.25, -0.2) is 4.79 Å². The van der Waals surface area contributed by atoms with E-state index in [9.17, 15) is 18.0 Å². The van der Waals surface area contributed by atoms with Gasteiger partial charge in [-0.3, -0.25) is 4.68 Å². The minimum Gasteiger partial charge on any atom is -0.334 e. The van der Waals surface area contributed by atoms with Crippen LogP contribution in [0.3, 0.4) is 0 Å². The Labute approximate surface area is 142 Å². The van der Waals surface area contributed by atoms with Gasteiger partial charge in [0.15, 0.2) is 5.69 Å². The smallest absolute Gasteiger partial charge is 0.334 e. The number of hydrogen-bond donors (Lipinski definition) is 3. The standard InChI is InChI=1S/C16H18F3N5O/c1-24-13(8-14(23-24)16(17,18)19)10-2-4-11(5-3-10)21-15(25)22-12-6-7-20-9-12/h2-5,8,12,20H,6-7,9H2,1H3,(H2,21,22,25)/t12-/m0/s1. The first-order valence-corrected chi connectivity index (χ1v) is 7.83. The Bertz CT molecular complexity index is 748. The fourth-order valence-corrected chi connectivity index (χ4v) is 2.73. The quantitative estimate of drug-likeness (QED) is 0.794. The van der Waals surface area contributed by atoms with E-state index >= 15 is 0 Å². The molecule has 3 rings (SSSR count). The Balaban J connectivity index is 1.68. The summed E-state index contributed by atoms with van der Waals surface area (Å²) in [7, 11) is 1.46. The van der Waals surface area contributed by atoms with Gasteiger partial charge in [0.2, 0.25) is 0 Å². The van der Waals surface area contributed by atoms with Gasteiger partial charge < -0.3 is 16.0 Å². The molecule has 1 aliphatic heterocycles. The molecule has 0 unspecified atom stereocenters. The predicted octanol–water partition coefficient (Wildman–Crippen LogP) is 2.59. The number of aromatic nitrogens is 2. The van der Waals surface area contributed by atoms with Crippen molar-refractivity contribution >= 4 is 11.7 Å². The molecule has 1 aliphatic rings. The van der Waals surface area contributed by atoms with Crippen molar-refractivity contribution in [2.45, 2.75) is 18.6 Å². The zero-order valence-corrected chi connectivity index (χ0v) is 13.5. The van der Waals surface area contributed by atoms with E-state index in [1.54, 1.807) is 24.3 Å². The molecule has 2 aromatic rings. The van der Waals surface area contributed by atoms with Crippen molar-refractivity contribution in [3.8, 4) is 11.3 Å². The van der Waals surface area contributed by atoms with Gasteiger partial charge in [0.1, 0.15) is 0 Å². The van der Waals surface area contributed by atoms with Crippen molar-refractivity contribution in [2.75, 3.05) is 18.4 Å². The van der Waals surface area contributed by atoms with Gasteiger partial charge in [0.25, 0.3) is 0 Å². The van der Waals surface area contributed by atoms with Crippen LogP contribution in [0.2, 0.25) is 0 Å². The van der Waals surface area contributed by atoms with E-state index in [0.717, 1.165) is 25.6 Å². The van der Waals surface area contributed by atoms with Crippen LogP contribution < -0.4 is 16.0 Å². The number of urea groups is 1. The largest absolute Gasteiger partial charge is 0.435 e. The fraction of sp³-hybridized carbons (Fsp3) is 0.375. The molecular formula is C16H18F3N5O. The number of benzene rings is 1. The lowest BCUT2D eigenvalue weighted by Crippen LogP contribution is -2.39. The second-order valence-corrected chi connectivity index (χ2v) is 5.90. The molecule has 6 nitrogen and oxygen atoms in total. The van der Waals surface area contributed by atoms with Gasteiger partial charge in [-0.05, 0) is 36.7 Å². The molecule has 1 aromatic heterocycles. The predicted molar refractivity (Wildman–Crippen MR) is 87.1 cm³/mol. The lowest BCUT2D eigenvalue weighted by Gasteiger charge is -2.12. The first-order chi connectivity index (χ1) is 11.8. The molecule has 2 amide bonds. The Kier molecular flexibility index (Phi) is 4.67. The molecular weight excluding hydrogens is 335 g/mol. The summed E-state index contributed by atoms with van der Waals surface area (Å²) in [6, 6.07) is 7.37. The average molecular weight is 353 g/mol. The number of carbonyl (C=O) groups excluding carboxylic acids is 1. The van der Waals surface area contributed by atoms with Crippen LogP contribution in [0.25, 0.3) is 11.3 Å². The normalized spacial score (nSPS) is 17.5. The minimum atomic E-state index is -4.48. The average Bonchev–Trinajstić information content (AvgIpc) is 3.17. The van der Waals surface area contributed by atoms with Crippen LogP contribution in [0.1, 0.15) is 12.1 Å². The molecule has 0 spiro atoms. The number of rotatable bonds is 3. The summed E-state index contributed by atoms with van der Waals surface area (Å²) in [5.41, 5.74) is 0.555. The number of hydrogen-bond acceptors (Lipinski definition) is 3. The van der Waals surface area contributed by atoms with Crippen LogP contribution in [0.5, 0.6) is 0 Å². The fourth-order valence-electron chi connectivity index (χ4n) is 2.73. The van der Waals surface area contributed by atoms with E-state index in [0.29, 0.717) is 16.9 Å². The summed E-state index contributed by atoms with van der Waals surface area (Å²) in [6.07, 6.45) is -3.60. The van der Waals surface area contributed by atoms with E-state index in [4.69, 9.17) is 0 Å². The molecule has 9 heteroatoms. The lowest BCUT2D eigenvalue weighted by atomic mass is 10.1. The number of nitrogens with zero attached hydrogens (tertiary/aromatic N) is 2. The summed E-state index contributed by atoms with van der Waals surface area (Å²) in [5, 5.41) is 12.2. The molecule has 1 aromatic carbocycles. The second kappa shape index (κ2) is 6.75. The van der Waals surface area contributed by atoms with Crippen molar-refractivity contribution in [1.82, 2.24) is 20.4 Å². The summed E-state index contributed by atoms with van der Waals surface area (Å²) < 4.78 is 39.4. The van der Waals surface area contributed by atoms with Crippen LogP contribution in [-0.2, 0) is 13.2 Å². The molecule has 0 bridgehead atoms. The van der Waals surface area contributed by atoms with E-state index in [2.05, 4.69) is 21.0 Å². The zero-order chi connectivity index (χ0) is 18.0. The summed E-state index contributed by atoms with van der Waals surface area (Å²) >= 11 is 0. The zero-order valence-electron chi connectivity index (χ0n) is 13.5. The third-order valence-electron chi connectivity index (χ3n) is 4.00. The number of alkyl halides is 3. The molecule has 2 heterocycles. The molecule has 1 fully saturated rings. The number of amides is 2. The highest BCUT2D eigenvalue weighted by Crippen LogP contribution is 2.31. The highest BCUT2D eigenvalue weighted by Gasteiger charge is 2.34. The highest BCUT2D eigenvalue weighted by atomic mass is 19.4. The highest BCUT2D eigenvalue weighted by molar-refractivity contribution is 5.89. The maximum Gasteiger partial charge on any atom is 0.435 e. The van der Waals surface area contributed by atoms with Crippen molar-refractivity contribution in [1.29, 1.82) is 0 Å². The monoisotopic (exact) mass is 353 g/mol. The van der Waals surface area contributed by atoms with Gasteiger partial charge in [0, 0.05) is 25.3 Å². The maximum atomic E-state index is 12.7. The summed E-state index contributed by atoms with van der Waals surface area (Å²) in [6.45, 7) is 1.62. The van der Waals surface area contributed by atoms with Crippen LogP contribution >= 0.6 is 0 Å². The Morgan fingerprint density at radius 2 is 2.04 bits per heavy atom. The van der Waals surface area contributed by atoms with Crippen molar-refractivity contribution in [3.63, 3.8) is 0 Å². The van der Waals surface area contributed by atoms with Crippen molar-refractivity contribution in [2.24, 2.45) is 7.05 Å². The molecule has 0 aliphatic carbocycles. The first-order valence-electron chi connectivity index (χ1n) is 7.83. The molecule has 134 valence electrons. The van der Waals surface area contributed by atoms with E-state index in [1.165, 1.54) is 11.7 Å². The first kappa shape index (κ1) is 17.3. The Hall–Kier alpha value is -2.55. The van der Waals surface area contributed by atoms with Gasteiger partial charge in [0.05, 0.1) is 5.69 Å². The van der Waals surface area contributed by atoms with Crippen molar-refractivity contribution in [3.05, 3.63) is 36.0 Å². The van der Waals surface area contributed by atoms with Gasteiger partial charge in [-0.2, -0.15) is 18.3 Å². The molecule has 0 saturated carbocycles. The molecule has 1 atom stereocenters. The number of halogens is 3. The van der Waals surface area contributed by atoms with Crippen LogP contribution in [0, 0.1) is 0 Å². The van der Waals surface area contributed by atoms with Gasteiger partial charge in [-0.15, -0.1) is 0 Å². The third-order valence-corrected chi connectivity index (χ3v) is 4.00. The van der Waals surface area contributed by atoms with Crippen molar-refractivity contribution < 1.29 is 18.0 Å². The van der Waals surface area contributed by atoms with Gasteiger partial charge >= 0.3 is 12.2 Å². The summed E-state index contributed by atoms with van der Waals surface area (Å²) in [4.78, 5) is 11.9. The minimum absolute atomic E-state index is 0.106. The molecule has 1 saturated heterocycles. The third kappa shape index (κ3) is 4.11. The van der Waals surface area contributed by atoms with Crippen LogP contribution in [0.15, 0.2) is 30.3 Å². The maximum absolute atomic E-state index is 12.7. The van der Waals surface area contributed by atoms with Crippen LogP contribution in [0.4, 0.5) is 23.7 Å². The SMILES string of the molecule is Cn1nc(C(F)(F)F)cc1-c1ccc(NC(=O)N[C@H]2CCNC2)cc1. The molecule has 3 N–H and O–H groups in total. The van der Waals surface area contributed by atoms with E-state index in [1.807, 2.05) is 0 Å².